The Morgan fingerprint density at radius 3 is 2.27 bits per heavy atom. The maximum Gasteiger partial charge on any atom is 0.246 e. The van der Waals surface area contributed by atoms with E-state index in [1.54, 1.807) is 7.05 Å². The quantitative estimate of drug-likeness (QED) is 0.785. The average molecular weight is 322 g/mol. The van der Waals surface area contributed by atoms with Gasteiger partial charge in [-0.3, -0.25) is 24.3 Å². The molecular weight excluding hydrogens is 302 g/mol. The molecule has 2 saturated heterocycles. The number of carbonyl (C=O) groups excluding carboxylic acids is 2. The van der Waals surface area contributed by atoms with Crippen molar-refractivity contribution in [3.05, 3.63) is 34.9 Å². The fourth-order valence-corrected chi connectivity index (χ4v) is 3.23. The SMILES string of the molecule is CN1C(=O)C[C@H](N2CCN(Cc3ccc(Cl)cc3)CC2)C1=O. The first-order valence-electron chi connectivity index (χ1n) is 7.56. The first kappa shape index (κ1) is 15.5. The zero-order valence-electron chi connectivity index (χ0n) is 12.7. The highest BCUT2D eigenvalue weighted by molar-refractivity contribution is 6.30. The Balaban J connectivity index is 1.53. The molecule has 0 radical (unpaired) electrons. The van der Waals surface area contributed by atoms with Gasteiger partial charge in [0.1, 0.15) is 0 Å². The molecule has 0 spiro atoms. The summed E-state index contributed by atoms with van der Waals surface area (Å²) in [6.07, 6.45) is 0.326. The van der Waals surface area contributed by atoms with Crippen molar-refractivity contribution in [2.45, 2.75) is 19.0 Å². The van der Waals surface area contributed by atoms with E-state index in [9.17, 15) is 9.59 Å². The van der Waals surface area contributed by atoms with Gasteiger partial charge in [-0.1, -0.05) is 23.7 Å². The van der Waals surface area contributed by atoms with Crippen molar-refractivity contribution in [2.24, 2.45) is 0 Å². The van der Waals surface area contributed by atoms with E-state index >= 15 is 0 Å². The number of benzene rings is 1. The number of hydrogen-bond acceptors (Lipinski definition) is 4. The number of imide groups is 1. The third kappa shape index (κ3) is 3.16. The molecule has 1 aromatic carbocycles. The first-order valence-corrected chi connectivity index (χ1v) is 7.93. The van der Waals surface area contributed by atoms with Crippen molar-refractivity contribution >= 4 is 23.4 Å². The number of amides is 2. The Labute approximate surface area is 135 Å². The average Bonchev–Trinajstić information content (AvgIpc) is 2.78. The van der Waals surface area contributed by atoms with Crippen LogP contribution in [0.1, 0.15) is 12.0 Å². The van der Waals surface area contributed by atoms with Crippen LogP contribution < -0.4 is 0 Å². The minimum Gasteiger partial charge on any atom is -0.297 e. The molecule has 0 unspecified atom stereocenters. The minimum absolute atomic E-state index is 0.0591. The molecule has 22 heavy (non-hydrogen) atoms. The van der Waals surface area contributed by atoms with Crippen LogP contribution in [0.3, 0.4) is 0 Å². The van der Waals surface area contributed by atoms with E-state index in [4.69, 9.17) is 11.6 Å². The molecule has 1 aromatic rings. The van der Waals surface area contributed by atoms with Crippen molar-refractivity contribution in [3.8, 4) is 0 Å². The molecule has 2 aliphatic heterocycles. The van der Waals surface area contributed by atoms with Crippen LogP contribution in [0.15, 0.2) is 24.3 Å². The van der Waals surface area contributed by atoms with Gasteiger partial charge in [-0.15, -0.1) is 0 Å². The van der Waals surface area contributed by atoms with E-state index in [0.717, 1.165) is 37.7 Å². The first-order chi connectivity index (χ1) is 10.5. The van der Waals surface area contributed by atoms with E-state index < -0.39 is 0 Å². The van der Waals surface area contributed by atoms with Crippen LogP contribution in [0.5, 0.6) is 0 Å². The van der Waals surface area contributed by atoms with Crippen LogP contribution in [-0.4, -0.2) is 65.8 Å². The van der Waals surface area contributed by atoms with E-state index in [0.29, 0.717) is 6.42 Å². The molecule has 3 rings (SSSR count). The third-order valence-electron chi connectivity index (χ3n) is 4.52. The third-order valence-corrected chi connectivity index (χ3v) is 4.78. The van der Waals surface area contributed by atoms with Crippen molar-refractivity contribution in [2.75, 3.05) is 33.2 Å². The number of likely N-dealkylation sites (tertiary alicyclic amines) is 1. The Morgan fingerprint density at radius 1 is 1.09 bits per heavy atom. The molecule has 2 heterocycles. The molecular formula is C16H20ClN3O2. The second-order valence-corrected chi connectivity index (χ2v) is 6.39. The number of likely N-dealkylation sites (N-methyl/N-ethyl adjacent to an activating group) is 1. The zero-order chi connectivity index (χ0) is 15.7. The normalized spacial score (nSPS) is 24.3. The summed E-state index contributed by atoms with van der Waals surface area (Å²) in [4.78, 5) is 29.4. The Kier molecular flexibility index (Phi) is 4.47. The van der Waals surface area contributed by atoms with Crippen molar-refractivity contribution in [1.82, 2.24) is 14.7 Å². The van der Waals surface area contributed by atoms with Gasteiger partial charge in [-0.25, -0.2) is 0 Å². The molecule has 2 amide bonds. The van der Waals surface area contributed by atoms with Crippen LogP contribution in [0.25, 0.3) is 0 Å². The lowest BCUT2D eigenvalue weighted by molar-refractivity contribution is -0.138. The number of rotatable bonds is 3. The summed E-state index contributed by atoms with van der Waals surface area (Å²) in [6.45, 7) is 4.35. The summed E-state index contributed by atoms with van der Waals surface area (Å²) in [5.74, 6) is -0.130. The van der Waals surface area contributed by atoms with Gasteiger partial charge < -0.3 is 0 Å². The zero-order valence-corrected chi connectivity index (χ0v) is 13.4. The van der Waals surface area contributed by atoms with Gasteiger partial charge >= 0.3 is 0 Å². The highest BCUT2D eigenvalue weighted by atomic mass is 35.5. The van der Waals surface area contributed by atoms with Crippen LogP contribution in [0, 0.1) is 0 Å². The Hall–Kier alpha value is -1.43. The van der Waals surface area contributed by atoms with Crippen molar-refractivity contribution < 1.29 is 9.59 Å². The number of carbonyl (C=O) groups is 2. The largest absolute Gasteiger partial charge is 0.297 e. The van der Waals surface area contributed by atoms with Gasteiger partial charge in [-0.05, 0) is 17.7 Å². The molecule has 0 aromatic heterocycles. The molecule has 0 N–H and O–H groups in total. The van der Waals surface area contributed by atoms with Gasteiger partial charge in [0.05, 0.1) is 12.5 Å². The van der Waals surface area contributed by atoms with Crippen LogP contribution in [0.4, 0.5) is 0 Å². The second kappa shape index (κ2) is 6.36. The molecule has 6 heteroatoms. The molecule has 0 saturated carbocycles. The topological polar surface area (TPSA) is 43.9 Å². The summed E-state index contributed by atoms with van der Waals surface area (Å²) >= 11 is 5.90. The maximum atomic E-state index is 12.1. The Morgan fingerprint density at radius 2 is 1.73 bits per heavy atom. The van der Waals surface area contributed by atoms with Gasteiger partial charge in [0.2, 0.25) is 11.8 Å². The van der Waals surface area contributed by atoms with E-state index in [1.165, 1.54) is 10.5 Å². The number of piperazine rings is 1. The summed E-state index contributed by atoms with van der Waals surface area (Å²) < 4.78 is 0. The monoisotopic (exact) mass is 321 g/mol. The standard InChI is InChI=1S/C16H20ClN3O2/c1-18-15(21)10-14(16(18)22)20-8-6-19(7-9-20)11-12-2-4-13(17)5-3-12/h2-5,14H,6-11H2,1H3/t14-/m0/s1. The lowest BCUT2D eigenvalue weighted by atomic mass is 10.1. The number of hydrogen-bond donors (Lipinski definition) is 0. The highest BCUT2D eigenvalue weighted by Gasteiger charge is 2.40. The minimum atomic E-state index is -0.254. The van der Waals surface area contributed by atoms with Crippen molar-refractivity contribution in [3.63, 3.8) is 0 Å². The molecule has 5 nitrogen and oxygen atoms in total. The molecule has 118 valence electrons. The summed E-state index contributed by atoms with van der Waals surface area (Å²) in [5, 5.41) is 0.752. The molecule has 2 aliphatic rings. The maximum absolute atomic E-state index is 12.1. The lowest BCUT2D eigenvalue weighted by Crippen LogP contribution is -2.52. The highest BCUT2D eigenvalue weighted by Crippen LogP contribution is 2.20. The number of nitrogens with zero attached hydrogens (tertiary/aromatic N) is 3. The van der Waals surface area contributed by atoms with Crippen molar-refractivity contribution in [1.29, 1.82) is 0 Å². The number of halogens is 1. The Bertz CT molecular complexity index is 567. The lowest BCUT2D eigenvalue weighted by Gasteiger charge is -2.36. The predicted octanol–water partition coefficient (Wildman–Crippen LogP) is 1.21. The predicted molar refractivity (Wildman–Crippen MR) is 84.5 cm³/mol. The summed E-state index contributed by atoms with van der Waals surface area (Å²) in [6, 6.07) is 7.65. The van der Waals surface area contributed by atoms with Gasteiger partial charge in [0.15, 0.2) is 0 Å². The van der Waals surface area contributed by atoms with Gasteiger partial charge in [0, 0.05) is 44.8 Å². The van der Waals surface area contributed by atoms with E-state index in [1.807, 2.05) is 24.3 Å². The van der Waals surface area contributed by atoms with Gasteiger partial charge in [-0.2, -0.15) is 0 Å². The van der Waals surface area contributed by atoms with E-state index in [-0.39, 0.29) is 17.9 Å². The molecule has 0 bridgehead atoms. The van der Waals surface area contributed by atoms with E-state index in [2.05, 4.69) is 9.80 Å². The molecule has 2 fully saturated rings. The van der Waals surface area contributed by atoms with Gasteiger partial charge in [0.25, 0.3) is 0 Å². The van der Waals surface area contributed by atoms with Crippen LogP contribution in [0.2, 0.25) is 5.02 Å². The fourth-order valence-electron chi connectivity index (χ4n) is 3.10. The second-order valence-electron chi connectivity index (χ2n) is 5.95. The fraction of sp³-hybridized carbons (Fsp3) is 0.500. The smallest absolute Gasteiger partial charge is 0.246 e. The molecule has 1 atom stereocenters. The van der Waals surface area contributed by atoms with Crippen LogP contribution in [-0.2, 0) is 16.1 Å². The molecule has 0 aliphatic carbocycles. The van der Waals surface area contributed by atoms with Crippen LogP contribution >= 0.6 is 11.6 Å². The summed E-state index contributed by atoms with van der Waals surface area (Å²) in [7, 11) is 1.57. The summed E-state index contributed by atoms with van der Waals surface area (Å²) in [5.41, 5.74) is 1.24.